The van der Waals surface area contributed by atoms with E-state index in [1.165, 1.54) is 5.56 Å². The van der Waals surface area contributed by atoms with E-state index in [2.05, 4.69) is 50.2 Å². The first-order valence-electron chi connectivity index (χ1n) is 10.00. The van der Waals surface area contributed by atoms with E-state index >= 15 is 0 Å². The van der Waals surface area contributed by atoms with Gasteiger partial charge in [-0.2, -0.15) is 0 Å². The van der Waals surface area contributed by atoms with Crippen LogP contribution in [-0.2, 0) is 22.4 Å². The van der Waals surface area contributed by atoms with Gasteiger partial charge in [0.05, 0.1) is 29.3 Å². The molecule has 0 bridgehead atoms. The molecule has 2 heterocycles. The van der Waals surface area contributed by atoms with Gasteiger partial charge >= 0.3 is 0 Å². The van der Waals surface area contributed by atoms with Crippen LogP contribution in [-0.4, -0.2) is 30.1 Å². The molecular weight excluding hydrogens is 368 g/mol. The van der Waals surface area contributed by atoms with Crippen molar-refractivity contribution >= 4 is 32.6 Å². The summed E-state index contributed by atoms with van der Waals surface area (Å²) in [7, 11) is 0. The molecule has 1 saturated heterocycles. The Balaban J connectivity index is 1.61. The highest BCUT2D eigenvalue weighted by molar-refractivity contribution is 7.22. The molecule has 146 valence electrons. The Labute approximate surface area is 170 Å². The van der Waals surface area contributed by atoms with Gasteiger partial charge in [-0.3, -0.25) is 9.69 Å². The van der Waals surface area contributed by atoms with Crippen molar-refractivity contribution < 1.29 is 9.53 Å². The van der Waals surface area contributed by atoms with Gasteiger partial charge in [-0.25, -0.2) is 4.98 Å². The second kappa shape index (κ2) is 8.41. The fraction of sp³-hybridized carbons (Fsp3) is 0.391. The summed E-state index contributed by atoms with van der Waals surface area (Å²) in [6, 6.07) is 14.5. The van der Waals surface area contributed by atoms with Crippen molar-refractivity contribution in [3.8, 4) is 0 Å². The lowest BCUT2D eigenvalue weighted by atomic mass is 10.1. The highest BCUT2D eigenvalue weighted by Gasteiger charge is 2.26. The highest BCUT2D eigenvalue weighted by Crippen LogP contribution is 2.32. The fourth-order valence-corrected chi connectivity index (χ4v) is 4.70. The SMILES string of the molecule is CCc1ccc(CC(=O)N(CC2CCCO2)c2nc3c(C)cccc3s2)cc1. The van der Waals surface area contributed by atoms with Gasteiger partial charge in [0.15, 0.2) is 5.13 Å². The van der Waals surface area contributed by atoms with E-state index in [0.29, 0.717) is 13.0 Å². The van der Waals surface area contributed by atoms with Crippen molar-refractivity contribution in [3.63, 3.8) is 0 Å². The Morgan fingerprint density at radius 3 is 2.68 bits per heavy atom. The van der Waals surface area contributed by atoms with Crippen molar-refractivity contribution in [2.24, 2.45) is 0 Å². The quantitative estimate of drug-likeness (QED) is 0.596. The topological polar surface area (TPSA) is 42.4 Å². The largest absolute Gasteiger partial charge is 0.376 e. The molecule has 0 saturated carbocycles. The smallest absolute Gasteiger partial charge is 0.233 e. The van der Waals surface area contributed by atoms with Gasteiger partial charge in [-0.1, -0.05) is 54.7 Å². The molecule has 1 aliphatic heterocycles. The second-order valence-corrected chi connectivity index (χ2v) is 8.41. The number of amides is 1. The summed E-state index contributed by atoms with van der Waals surface area (Å²) in [6.07, 6.45) is 3.54. The minimum absolute atomic E-state index is 0.0801. The van der Waals surface area contributed by atoms with Crippen LogP contribution in [0.25, 0.3) is 10.2 Å². The van der Waals surface area contributed by atoms with Gasteiger partial charge in [-0.05, 0) is 48.9 Å². The molecular formula is C23H26N2O2S. The van der Waals surface area contributed by atoms with Gasteiger partial charge in [0.2, 0.25) is 5.91 Å². The average Bonchev–Trinajstić information content (AvgIpc) is 3.37. The molecule has 4 rings (SSSR count). The summed E-state index contributed by atoms with van der Waals surface area (Å²) in [6.45, 7) is 5.56. The zero-order chi connectivity index (χ0) is 19.5. The van der Waals surface area contributed by atoms with Crippen LogP contribution < -0.4 is 4.90 Å². The lowest BCUT2D eigenvalue weighted by Crippen LogP contribution is -2.38. The molecule has 2 aromatic carbocycles. The van der Waals surface area contributed by atoms with Crippen LogP contribution in [0.3, 0.4) is 0 Å². The molecule has 1 fully saturated rings. The van der Waals surface area contributed by atoms with Gasteiger partial charge in [-0.15, -0.1) is 0 Å². The van der Waals surface area contributed by atoms with E-state index in [1.807, 2.05) is 11.0 Å². The van der Waals surface area contributed by atoms with E-state index in [-0.39, 0.29) is 12.0 Å². The number of hydrogen-bond acceptors (Lipinski definition) is 4. The number of hydrogen-bond donors (Lipinski definition) is 0. The standard InChI is InChI=1S/C23H26N2O2S/c1-3-17-9-11-18(12-10-17)14-21(26)25(15-19-7-5-13-27-19)23-24-22-16(2)6-4-8-20(22)28-23/h4,6,8-12,19H,3,5,7,13-15H2,1-2H3. The van der Waals surface area contributed by atoms with Crippen LogP contribution in [0.2, 0.25) is 0 Å². The number of carbonyl (C=O) groups is 1. The third-order valence-corrected chi connectivity index (χ3v) is 6.38. The van der Waals surface area contributed by atoms with Crippen molar-refractivity contribution in [2.45, 2.75) is 45.6 Å². The normalized spacial score (nSPS) is 16.6. The molecule has 1 amide bonds. The molecule has 0 N–H and O–H groups in total. The first-order valence-corrected chi connectivity index (χ1v) is 10.8. The Bertz CT molecular complexity index is 958. The number of aromatic nitrogens is 1. The monoisotopic (exact) mass is 394 g/mol. The minimum atomic E-state index is 0.0801. The summed E-state index contributed by atoms with van der Waals surface area (Å²) in [5, 5.41) is 0.773. The number of para-hydroxylation sites is 1. The lowest BCUT2D eigenvalue weighted by molar-refractivity contribution is -0.118. The van der Waals surface area contributed by atoms with Crippen molar-refractivity contribution in [3.05, 3.63) is 59.2 Å². The number of nitrogens with zero attached hydrogens (tertiary/aromatic N) is 2. The first-order chi connectivity index (χ1) is 13.6. The lowest BCUT2D eigenvalue weighted by Gasteiger charge is -2.23. The summed E-state index contributed by atoms with van der Waals surface area (Å²) in [5.74, 6) is 0.0801. The summed E-state index contributed by atoms with van der Waals surface area (Å²) in [4.78, 5) is 19.9. The van der Waals surface area contributed by atoms with E-state index in [1.54, 1.807) is 11.3 Å². The maximum atomic E-state index is 13.3. The summed E-state index contributed by atoms with van der Waals surface area (Å²) < 4.78 is 6.93. The molecule has 3 aromatic rings. The second-order valence-electron chi connectivity index (χ2n) is 7.40. The highest BCUT2D eigenvalue weighted by atomic mass is 32.1. The van der Waals surface area contributed by atoms with E-state index in [4.69, 9.17) is 9.72 Å². The zero-order valence-electron chi connectivity index (χ0n) is 16.5. The number of carbonyl (C=O) groups excluding carboxylic acids is 1. The van der Waals surface area contributed by atoms with Crippen LogP contribution in [0, 0.1) is 6.92 Å². The predicted octanol–water partition coefficient (Wildman–Crippen LogP) is 4.92. The van der Waals surface area contributed by atoms with Crippen LogP contribution in [0.5, 0.6) is 0 Å². The molecule has 1 atom stereocenters. The molecule has 1 unspecified atom stereocenters. The Morgan fingerprint density at radius 2 is 2.00 bits per heavy atom. The number of anilines is 1. The third-order valence-electron chi connectivity index (χ3n) is 5.34. The van der Waals surface area contributed by atoms with Crippen molar-refractivity contribution in [1.82, 2.24) is 4.98 Å². The van der Waals surface area contributed by atoms with Gasteiger partial charge in [0, 0.05) is 6.61 Å². The molecule has 1 aliphatic rings. The third kappa shape index (κ3) is 4.10. The number of thiazole rings is 1. The average molecular weight is 395 g/mol. The van der Waals surface area contributed by atoms with Crippen molar-refractivity contribution in [2.75, 3.05) is 18.1 Å². The molecule has 1 aromatic heterocycles. The Morgan fingerprint density at radius 1 is 1.21 bits per heavy atom. The molecule has 5 heteroatoms. The van der Waals surface area contributed by atoms with Crippen molar-refractivity contribution in [1.29, 1.82) is 0 Å². The zero-order valence-corrected chi connectivity index (χ0v) is 17.3. The van der Waals surface area contributed by atoms with Crippen LogP contribution in [0.15, 0.2) is 42.5 Å². The van der Waals surface area contributed by atoms with E-state index in [0.717, 1.165) is 52.3 Å². The molecule has 4 nitrogen and oxygen atoms in total. The van der Waals surface area contributed by atoms with Crippen LogP contribution in [0.1, 0.15) is 36.5 Å². The maximum Gasteiger partial charge on any atom is 0.233 e. The molecule has 0 radical (unpaired) electrons. The van der Waals surface area contributed by atoms with E-state index in [9.17, 15) is 4.79 Å². The van der Waals surface area contributed by atoms with Crippen LogP contribution >= 0.6 is 11.3 Å². The minimum Gasteiger partial charge on any atom is -0.376 e. The van der Waals surface area contributed by atoms with Crippen LogP contribution in [0.4, 0.5) is 5.13 Å². The number of fused-ring (bicyclic) bond motifs is 1. The number of ether oxygens (including phenoxy) is 1. The number of benzene rings is 2. The molecule has 28 heavy (non-hydrogen) atoms. The molecule has 0 aliphatic carbocycles. The van der Waals surface area contributed by atoms with Gasteiger partial charge in [0.1, 0.15) is 0 Å². The van der Waals surface area contributed by atoms with Gasteiger partial charge < -0.3 is 4.74 Å². The Hall–Kier alpha value is -2.24. The number of rotatable bonds is 6. The predicted molar refractivity (Wildman–Crippen MR) is 115 cm³/mol. The van der Waals surface area contributed by atoms with Gasteiger partial charge in [0.25, 0.3) is 0 Å². The fourth-order valence-electron chi connectivity index (χ4n) is 3.63. The summed E-state index contributed by atoms with van der Waals surface area (Å²) >= 11 is 1.59. The Kier molecular flexibility index (Phi) is 5.74. The maximum absolute atomic E-state index is 13.3. The summed E-state index contributed by atoms with van der Waals surface area (Å²) in [5.41, 5.74) is 4.45. The molecule has 0 spiro atoms. The number of aryl methyl sites for hydroxylation is 2. The first kappa shape index (κ1) is 19.1. The van der Waals surface area contributed by atoms with E-state index < -0.39 is 0 Å².